The minimum atomic E-state index is -0.569. The van der Waals surface area contributed by atoms with Crippen LogP contribution >= 0.6 is 0 Å². The Bertz CT molecular complexity index is 469. The van der Waals surface area contributed by atoms with Gasteiger partial charge in [0, 0.05) is 12.0 Å². The molecule has 1 fully saturated rings. The fourth-order valence-electron chi connectivity index (χ4n) is 2.33. The average Bonchev–Trinajstić information content (AvgIpc) is 2.90. The molecule has 100 valence electrons. The summed E-state index contributed by atoms with van der Waals surface area (Å²) in [7, 11) is 0. The molecule has 0 aromatic carbocycles. The first kappa shape index (κ1) is 12.9. The molecule has 1 aromatic rings. The highest BCUT2D eigenvalue weighted by Crippen LogP contribution is 2.17. The quantitative estimate of drug-likeness (QED) is 0.869. The largest absolute Gasteiger partial charge is 0.442 e. The summed E-state index contributed by atoms with van der Waals surface area (Å²) in [4.78, 5) is 23.3. The van der Waals surface area contributed by atoms with E-state index in [-0.39, 0.29) is 24.4 Å². The summed E-state index contributed by atoms with van der Waals surface area (Å²) in [5, 5.41) is 6.64. The molecular formula is C12H19N3O3. The van der Waals surface area contributed by atoms with Crippen LogP contribution in [0.2, 0.25) is 0 Å². The fourth-order valence-corrected chi connectivity index (χ4v) is 2.33. The van der Waals surface area contributed by atoms with Gasteiger partial charge in [-0.3, -0.25) is 13.9 Å². The Morgan fingerprint density at radius 1 is 1.50 bits per heavy atom. The second kappa shape index (κ2) is 5.37. The van der Waals surface area contributed by atoms with Crippen LogP contribution in [0.25, 0.3) is 0 Å². The van der Waals surface area contributed by atoms with Crippen LogP contribution < -0.4 is 11.1 Å². The highest BCUT2D eigenvalue weighted by Gasteiger charge is 2.20. The molecule has 2 rings (SSSR count). The predicted molar refractivity (Wildman–Crippen MR) is 65.3 cm³/mol. The van der Waals surface area contributed by atoms with Gasteiger partial charge in [-0.25, -0.2) is 4.79 Å². The first-order valence-corrected chi connectivity index (χ1v) is 6.43. The van der Waals surface area contributed by atoms with E-state index in [9.17, 15) is 9.59 Å². The third-order valence-corrected chi connectivity index (χ3v) is 3.25. The molecule has 0 radical (unpaired) electrons. The Morgan fingerprint density at radius 3 is 2.78 bits per heavy atom. The van der Waals surface area contributed by atoms with Crippen molar-refractivity contribution in [3.05, 3.63) is 16.4 Å². The zero-order valence-corrected chi connectivity index (χ0v) is 10.8. The summed E-state index contributed by atoms with van der Waals surface area (Å²) in [5.41, 5.74) is 0. The minimum absolute atomic E-state index is 0.00759. The summed E-state index contributed by atoms with van der Waals surface area (Å²) in [6.07, 6.45) is 4.38. The lowest BCUT2D eigenvalue weighted by Gasteiger charge is -2.12. The van der Waals surface area contributed by atoms with Crippen LogP contribution in [0, 0.1) is 0 Å². The van der Waals surface area contributed by atoms with Gasteiger partial charge in [0.25, 0.3) is 0 Å². The Hall–Kier alpha value is -1.59. The number of nitrogens with zero attached hydrogens (tertiary/aromatic N) is 2. The van der Waals surface area contributed by atoms with Gasteiger partial charge in [-0.05, 0) is 12.8 Å². The number of rotatable bonds is 4. The second-order valence-corrected chi connectivity index (χ2v) is 5.10. The maximum atomic E-state index is 11.9. The highest BCUT2D eigenvalue weighted by atomic mass is 16.5. The lowest BCUT2D eigenvalue weighted by Crippen LogP contribution is -2.37. The van der Waals surface area contributed by atoms with Crippen molar-refractivity contribution in [3.63, 3.8) is 0 Å². The van der Waals surface area contributed by atoms with E-state index >= 15 is 0 Å². The first-order valence-electron chi connectivity index (χ1n) is 6.43. The van der Waals surface area contributed by atoms with Crippen LogP contribution in [-0.2, 0) is 11.3 Å². The maximum Gasteiger partial charge on any atom is 0.442 e. The number of amides is 1. The molecule has 1 aliphatic rings. The molecule has 1 aromatic heterocycles. The fraction of sp³-hybridized carbons (Fsp3) is 0.750. The van der Waals surface area contributed by atoms with E-state index in [1.165, 1.54) is 4.57 Å². The van der Waals surface area contributed by atoms with Crippen LogP contribution in [0.1, 0.15) is 51.3 Å². The van der Waals surface area contributed by atoms with E-state index in [1.54, 1.807) is 0 Å². The smallest absolute Gasteiger partial charge is 0.352 e. The van der Waals surface area contributed by atoms with Gasteiger partial charge in [0.1, 0.15) is 6.54 Å². The number of aromatic nitrogens is 2. The van der Waals surface area contributed by atoms with Gasteiger partial charge < -0.3 is 5.32 Å². The number of hydrogen-bond donors (Lipinski definition) is 1. The van der Waals surface area contributed by atoms with Gasteiger partial charge in [0.15, 0.2) is 5.82 Å². The molecule has 1 heterocycles. The number of nitrogens with one attached hydrogen (secondary N) is 1. The van der Waals surface area contributed by atoms with E-state index in [0.717, 1.165) is 25.7 Å². The summed E-state index contributed by atoms with van der Waals surface area (Å²) in [5.74, 6) is -0.147. The lowest BCUT2D eigenvalue weighted by molar-refractivity contribution is -0.122. The Balaban J connectivity index is 2.02. The third-order valence-electron chi connectivity index (χ3n) is 3.25. The SMILES string of the molecule is CC(C)c1noc(=O)n1CC(=O)NC1CCCC1. The van der Waals surface area contributed by atoms with Crippen LogP contribution in [0.15, 0.2) is 9.32 Å². The molecule has 0 unspecified atom stereocenters. The molecule has 0 bridgehead atoms. The molecule has 1 aliphatic carbocycles. The van der Waals surface area contributed by atoms with Crippen molar-refractivity contribution < 1.29 is 9.32 Å². The molecule has 0 spiro atoms. The zero-order valence-electron chi connectivity index (χ0n) is 10.8. The Morgan fingerprint density at radius 2 is 2.17 bits per heavy atom. The summed E-state index contributed by atoms with van der Waals surface area (Å²) in [6.45, 7) is 3.80. The van der Waals surface area contributed by atoms with Crippen molar-refractivity contribution in [1.29, 1.82) is 0 Å². The monoisotopic (exact) mass is 253 g/mol. The lowest BCUT2D eigenvalue weighted by atomic mass is 10.2. The van der Waals surface area contributed by atoms with E-state index in [0.29, 0.717) is 5.82 Å². The standard InChI is InChI=1S/C12H19N3O3/c1-8(2)11-14-18-12(17)15(11)7-10(16)13-9-5-3-4-6-9/h8-9H,3-7H2,1-2H3,(H,13,16). The number of hydrogen-bond acceptors (Lipinski definition) is 4. The van der Waals surface area contributed by atoms with E-state index < -0.39 is 5.76 Å². The van der Waals surface area contributed by atoms with Gasteiger partial charge >= 0.3 is 5.76 Å². The van der Waals surface area contributed by atoms with E-state index in [1.807, 2.05) is 13.8 Å². The molecule has 1 saturated carbocycles. The summed E-state index contributed by atoms with van der Waals surface area (Å²) >= 11 is 0. The van der Waals surface area contributed by atoms with Crippen molar-refractivity contribution >= 4 is 5.91 Å². The normalized spacial score (nSPS) is 16.4. The Labute approximate surface area is 105 Å². The first-order chi connectivity index (χ1) is 8.58. The molecule has 6 heteroatoms. The van der Waals surface area contributed by atoms with Crippen LogP contribution in [0.3, 0.4) is 0 Å². The summed E-state index contributed by atoms with van der Waals surface area (Å²) < 4.78 is 5.91. The van der Waals surface area contributed by atoms with Crippen LogP contribution in [0.5, 0.6) is 0 Å². The molecule has 1 amide bonds. The minimum Gasteiger partial charge on any atom is -0.352 e. The highest BCUT2D eigenvalue weighted by molar-refractivity contribution is 5.76. The third kappa shape index (κ3) is 2.80. The molecule has 0 saturated heterocycles. The van der Waals surface area contributed by atoms with E-state index in [4.69, 9.17) is 0 Å². The van der Waals surface area contributed by atoms with Crippen molar-refractivity contribution in [2.45, 2.75) is 58.0 Å². The van der Waals surface area contributed by atoms with Crippen molar-refractivity contribution in [2.24, 2.45) is 0 Å². The molecule has 0 atom stereocenters. The molecule has 0 aliphatic heterocycles. The summed E-state index contributed by atoms with van der Waals surface area (Å²) in [6, 6.07) is 0.260. The maximum absolute atomic E-state index is 11.9. The van der Waals surface area contributed by atoms with Crippen LogP contribution in [0.4, 0.5) is 0 Å². The van der Waals surface area contributed by atoms with Crippen molar-refractivity contribution in [3.8, 4) is 0 Å². The molecule has 6 nitrogen and oxygen atoms in total. The van der Waals surface area contributed by atoms with Gasteiger partial charge in [-0.1, -0.05) is 31.8 Å². The van der Waals surface area contributed by atoms with Crippen molar-refractivity contribution in [1.82, 2.24) is 15.0 Å². The molecule has 1 N–H and O–H groups in total. The topological polar surface area (TPSA) is 77.1 Å². The molecular weight excluding hydrogens is 234 g/mol. The van der Waals surface area contributed by atoms with Gasteiger partial charge in [0.05, 0.1) is 0 Å². The van der Waals surface area contributed by atoms with Gasteiger partial charge in [0.2, 0.25) is 5.91 Å². The zero-order chi connectivity index (χ0) is 13.1. The van der Waals surface area contributed by atoms with Gasteiger partial charge in [-0.15, -0.1) is 0 Å². The predicted octanol–water partition coefficient (Wildman–Crippen LogP) is 1.02. The van der Waals surface area contributed by atoms with Crippen molar-refractivity contribution in [2.75, 3.05) is 0 Å². The molecule has 18 heavy (non-hydrogen) atoms. The number of carbonyl (C=O) groups is 1. The van der Waals surface area contributed by atoms with Gasteiger partial charge in [-0.2, -0.15) is 0 Å². The Kier molecular flexibility index (Phi) is 3.84. The average molecular weight is 253 g/mol. The van der Waals surface area contributed by atoms with Crippen LogP contribution in [-0.4, -0.2) is 21.7 Å². The number of carbonyl (C=O) groups excluding carboxylic acids is 1. The second-order valence-electron chi connectivity index (χ2n) is 5.10. The van der Waals surface area contributed by atoms with E-state index in [2.05, 4.69) is 15.0 Å².